The fourth-order valence-electron chi connectivity index (χ4n) is 1.24. The highest BCUT2D eigenvalue weighted by Crippen LogP contribution is 2.15. The molecule has 5 heteroatoms. The van der Waals surface area contributed by atoms with Crippen molar-refractivity contribution in [2.45, 2.75) is 32.7 Å². The number of thiophene rings is 1. The van der Waals surface area contributed by atoms with Crippen molar-refractivity contribution in [1.82, 2.24) is 5.32 Å². The lowest BCUT2D eigenvalue weighted by molar-refractivity contribution is -0.120. The summed E-state index contributed by atoms with van der Waals surface area (Å²) in [5.41, 5.74) is 5.59. The number of nitrogens with two attached hydrogens (primary N) is 1. The Morgan fingerprint density at radius 2 is 2.25 bits per heavy atom. The number of nitrogens with one attached hydrogen (secondary N) is 1. The zero-order valence-electron chi connectivity index (χ0n) is 9.66. The van der Waals surface area contributed by atoms with Gasteiger partial charge in [0.15, 0.2) is 0 Å². The van der Waals surface area contributed by atoms with Crippen molar-refractivity contribution in [2.75, 3.05) is 6.54 Å². The Kier molecular flexibility index (Phi) is 7.38. The Bertz CT molecular complexity index is 326. The Balaban J connectivity index is 0.00000225. The smallest absolute Gasteiger partial charge is 0.225 e. The third kappa shape index (κ3) is 6.10. The Hall–Kier alpha value is -0.580. The van der Waals surface area contributed by atoms with Gasteiger partial charge in [-0.05, 0) is 32.4 Å². The number of carbonyl (C=O) groups is 1. The molecule has 1 aromatic rings. The van der Waals surface area contributed by atoms with E-state index in [0.717, 1.165) is 11.3 Å². The van der Waals surface area contributed by atoms with Crippen molar-refractivity contribution in [3.05, 3.63) is 21.9 Å². The predicted molar refractivity (Wildman–Crippen MR) is 71.3 cm³/mol. The second kappa shape index (κ2) is 7.65. The summed E-state index contributed by atoms with van der Waals surface area (Å²) in [5, 5.41) is 2.86. The van der Waals surface area contributed by atoms with Crippen LogP contribution in [0.4, 0.5) is 0 Å². The van der Waals surface area contributed by atoms with E-state index in [2.05, 4.69) is 5.32 Å². The molecule has 0 aliphatic rings. The minimum Gasteiger partial charge on any atom is -0.356 e. The van der Waals surface area contributed by atoms with Crippen molar-refractivity contribution >= 4 is 29.7 Å². The molecule has 0 radical (unpaired) electrons. The fraction of sp³-hybridized carbons (Fsp3) is 0.545. The summed E-state index contributed by atoms with van der Waals surface area (Å²) in [6, 6.07) is 4.19. The summed E-state index contributed by atoms with van der Waals surface area (Å²) in [6.07, 6.45) is 1.31. The lowest BCUT2D eigenvalue weighted by Crippen LogP contribution is -2.29. The van der Waals surface area contributed by atoms with Crippen LogP contribution >= 0.6 is 23.7 Å². The minimum atomic E-state index is 0. The first kappa shape index (κ1) is 15.4. The van der Waals surface area contributed by atoms with Gasteiger partial charge in [-0.1, -0.05) is 0 Å². The van der Waals surface area contributed by atoms with E-state index in [-0.39, 0.29) is 24.4 Å². The first-order chi connectivity index (χ1) is 7.08. The van der Waals surface area contributed by atoms with Crippen LogP contribution in [0.15, 0.2) is 12.1 Å². The normalized spacial score (nSPS) is 11.7. The highest BCUT2D eigenvalue weighted by molar-refractivity contribution is 7.12. The average Bonchev–Trinajstić information content (AvgIpc) is 2.50. The molecule has 1 rings (SSSR count). The monoisotopic (exact) mass is 262 g/mol. The number of rotatable bonds is 5. The molecule has 1 aromatic heterocycles. The van der Waals surface area contributed by atoms with Gasteiger partial charge in [0.05, 0.1) is 6.42 Å². The van der Waals surface area contributed by atoms with Crippen molar-refractivity contribution < 1.29 is 4.79 Å². The number of halogens is 1. The van der Waals surface area contributed by atoms with Crippen LogP contribution in [0.3, 0.4) is 0 Å². The van der Waals surface area contributed by atoms with Crippen LogP contribution in [0.5, 0.6) is 0 Å². The highest BCUT2D eigenvalue weighted by Gasteiger charge is 2.04. The molecule has 1 atom stereocenters. The number of aryl methyl sites for hydroxylation is 1. The summed E-state index contributed by atoms with van der Waals surface area (Å²) >= 11 is 1.67. The molecule has 0 saturated carbocycles. The second-order valence-corrected chi connectivity index (χ2v) is 5.18. The number of hydrogen-bond donors (Lipinski definition) is 2. The molecule has 16 heavy (non-hydrogen) atoms. The number of amides is 1. The summed E-state index contributed by atoms with van der Waals surface area (Å²) in [5.74, 6) is 0.0810. The molecule has 1 unspecified atom stereocenters. The molecule has 0 aromatic carbocycles. The molecular formula is C11H19ClN2OS. The van der Waals surface area contributed by atoms with Crippen LogP contribution in [0.25, 0.3) is 0 Å². The van der Waals surface area contributed by atoms with Gasteiger partial charge in [0.2, 0.25) is 5.91 Å². The predicted octanol–water partition coefficient (Wildman–Crippen LogP) is 1.87. The van der Waals surface area contributed by atoms with Gasteiger partial charge in [0, 0.05) is 22.3 Å². The molecule has 0 saturated heterocycles. The zero-order chi connectivity index (χ0) is 11.3. The van der Waals surface area contributed by atoms with Crippen LogP contribution in [-0.4, -0.2) is 18.5 Å². The van der Waals surface area contributed by atoms with Crippen LogP contribution in [-0.2, 0) is 11.2 Å². The van der Waals surface area contributed by atoms with Crippen LogP contribution in [0, 0.1) is 6.92 Å². The largest absolute Gasteiger partial charge is 0.356 e. The van der Waals surface area contributed by atoms with E-state index >= 15 is 0 Å². The Labute approximate surface area is 107 Å². The number of carbonyl (C=O) groups excluding carboxylic acids is 1. The number of hydrogen-bond acceptors (Lipinski definition) is 3. The third-order valence-corrected chi connectivity index (χ3v) is 3.05. The Morgan fingerprint density at radius 1 is 1.56 bits per heavy atom. The lowest BCUT2D eigenvalue weighted by atomic mass is 10.2. The summed E-state index contributed by atoms with van der Waals surface area (Å²) in [7, 11) is 0. The van der Waals surface area contributed by atoms with Gasteiger partial charge in [0.1, 0.15) is 0 Å². The molecule has 3 nitrogen and oxygen atoms in total. The topological polar surface area (TPSA) is 55.1 Å². The van der Waals surface area contributed by atoms with Gasteiger partial charge in [0.25, 0.3) is 0 Å². The first-order valence-corrected chi connectivity index (χ1v) is 5.97. The molecule has 0 fully saturated rings. The average molecular weight is 263 g/mol. The molecule has 3 N–H and O–H groups in total. The molecular weight excluding hydrogens is 244 g/mol. The summed E-state index contributed by atoms with van der Waals surface area (Å²) < 4.78 is 0. The summed E-state index contributed by atoms with van der Waals surface area (Å²) in [6.45, 7) is 4.65. The van der Waals surface area contributed by atoms with Crippen molar-refractivity contribution in [1.29, 1.82) is 0 Å². The fourth-order valence-corrected chi connectivity index (χ4v) is 2.13. The van der Waals surface area contributed by atoms with E-state index < -0.39 is 0 Å². The van der Waals surface area contributed by atoms with Gasteiger partial charge < -0.3 is 11.1 Å². The second-order valence-electron chi connectivity index (χ2n) is 3.81. The maximum absolute atomic E-state index is 11.5. The molecule has 0 spiro atoms. The maximum atomic E-state index is 11.5. The molecule has 0 bridgehead atoms. The van der Waals surface area contributed by atoms with Gasteiger partial charge in [-0.25, -0.2) is 0 Å². The first-order valence-electron chi connectivity index (χ1n) is 5.15. The van der Waals surface area contributed by atoms with Gasteiger partial charge in [-0.15, -0.1) is 23.7 Å². The zero-order valence-corrected chi connectivity index (χ0v) is 11.3. The van der Waals surface area contributed by atoms with E-state index in [0.29, 0.717) is 13.0 Å². The lowest BCUT2D eigenvalue weighted by Gasteiger charge is -2.06. The van der Waals surface area contributed by atoms with Crippen molar-refractivity contribution in [3.63, 3.8) is 0 Å². The quantitative estimate of drug-likeness (QED) is 0.851. The molecule has 0 aliphatic heterocycles. The maximum Gasteiger partial charge on any atom is 0.225 e. The van der Waals surface area contributed by atoms with E-state index in [1.165, 1.54) is 4.88 Å². The van der Waals surface area contributed by atoms with E-state index in [1.54, 1.807) is 11.3 Å². The highest BCUT2D eigenvalue weighted by atomic mass is 35.5. The SMILES string of the molecule is Cc1ccc(CC(=O)NCCC(C)N)s1.Cl. The van der Waals surface area contributed by atoms with Gasteiger partial charge in [-0.2, -0.15) is 0 Å². The van der Waals surface area contributed by atoms with E-state index in [1.807, 2.05) is 26.0 Å². The summed E-state index contributed by atoms with van der Waals surface area (Å²) in [4.78, 5) is 13.8. The van der Waals surface area contributed by atoms with Gasteiger partial charge in [-0.3, -0.25) is 4.79 Å². The standard InChI is InChI=1S/C11H18N2OS.ClH/c1-8(12)5-6-13-11(14)7-10-4-3-9(2)15-10;/h3-4,8H,5-7,12H2,1-2H3,(H,13,14);1H. The van der Waals surface area contributed by atoms with E-state index in [9.17, 15) is 4.79 Å². The van der Waals surface area contributed by atoms with Crippen LogP contribution in [0.1, 0.15) is 23.1 Å². The molecule has 1 amide bonds. The van der Waals surface area contributed by atoms with E-state index in [4.69, 9.17) is 5.73 Å². The van der Waals surface area contributed by atoms with Crippen molar-refractivity contribution in [3.8, 4) is 0 Å². The molecule has 0 aliphatic carbocycles. The van der Waals surface area contributed by atoms with Crippen molar-refractivity contribution in [2.24, 2.45) is 5.73 Å². The minimum absolute atomic E-state index is 0. The van der Waals surface area contributed by atoms with Crippen LogP contribution in [0.2, 0.25) is 0 Å². The molecule has 1 heterocycles. The third-order valence-electron chi connectivity index (χ3n) is 2.05. The Morgan fingerprint density at radius 3 is 2.75 bits per heavy atom. The van der Waals surface area contributed by atoms with Crippen LogP contribution < -0.4 is 11.1 Å². The van der Waals surface area contributed by atoms with Gasteiger partial charge >= 0.3 is 0 Å². The molecule has 92 valence electrons.